The minimum atomic E-state index is -0.937. The largest absolute Gasteiger partial charge is 0.0857 e. The molecular weight excluding hydrogens is 160 g/mol. The molecule has 2 rings (SSSR count). The molecule has 0 N–H and O–H groups in total. The Labute approximate surface area is 77.1 Å². The number of allylic oxidation sites excluding steroid dienone is 2. The summed E-state index contributed by atoms with van der Waals surface area (Å²) in [7, 11) is -0.937. The molecule has 1 heteroatoms. The highest BCUT2D eigenvalue weighted by atomic mass is 28.3. The highest BCUT2D eigenvalue weighted by Crippen LogP contribution is 2.47. The molecule has 0 heterocycles. The molecule has 0 amide bonds. The Morgan fingerprint density at radius 2 is 2.17 bits per heavy atom. The summed E-state index contributed by atoms with van der Waals surface area (Å²) in [6, 6.07) is 1.43. The van der Waals surface area contributed by atoms with E-state index in [-0.39, 0.29) is 0 Å². The number of hydrogen-bond donors (Lipinski definition) is 0. The van der Waals surface area contributed by atoms with Gasteiger partial charge in [0.15, 0.2) is 0 Å². The highest BCUT2D eigenvalue weighted by molar-refractivity contribution is 6.84. The maximum atomic E-state index is 2.64. The molecule has 12 heavy (non-hydrogen) atoms. The van der Waals surface area contributed by atoms with Crippen LogP contribution in [0.4, 0.5) is 0 Å². The predicted molar refractivity (Wildman–Crippen MR) is 56.9 cm³/mol. The van der Waals surface area contributed by atoms with E-state index in [0.29, 0.717) is 0 Å². The third-order valence-electron chi connectivity index (χ3n) is 3.99. The summed E-state index contributed by atoms with van der Waals surface area (Å²) in [6.45, 7) is 7.46. The lowest BCUT2D eigenvalue weighted by Crippen LogP contribution is -2.30. The van der Waals surface area contributed by atoms with E-state index in [9.17, 15) is 0 Å². The molecule has 2 aliphatic carbocycles. The Bertz CT molecular complexity index is 215. The Balaban J connectivity index is 2.20. The first kappa shape index (κ1) is 8.55. The quantitative estimate of drug-likeness (QED) is 0.570. The molecule has 0 aromatic rings. The fraction of sp³-hybridized carbons (Fsp3) is 0.818. The van der Waals surface area contributed by atoms with Gasteiger partial charge in [0.25, 0.3) is 0 Å². The molecule has 0 aromatic carbocycles. The van der Waals surface area contributed by atoms with Crippen LogP contribution in [0, 0.1) is 11.8 Å². The van der Waals surface area contributed by atoms with Crippen LogP contribution >= 0.6 is 0 Å². The van der Waals surface area contributed by atoms with Crippen LogP contribution in [-0.2, 0) is 0 Å². The van der Waals surface area contributed by atoms with Crippen molar-refractivity contribution >= 4 is 8.07 Å². The summed E-state index contributed by atoms with van der Waals surface area (Å²) in [5.74, 6) is 2.01. The van der Waals surface area contributed by atoms with Gasteiger partial charge in [-0.1, -0.05) is 37.3 Å². The molecule has 2 atom stereocenters. The first-order valence-electron chi connectivity index (χ1n) is 5.35. The predicted octanol–water partition coefficient (Wildman–Crippen LogP) is 3.61. The normalized spacial score (nSPS) is 34.1. The topological polar surface area (TPSA) is 0 Å². The van der Waals surface area contributed by atoms with Gasteiger partial charge >= 0.3 is 0 Å². The minimum Gasteiger partial charge on any atom is -0.0857 e. The summed E-state index contributed by atoms with van der Waals surface area (Å²) in [5.41, 5.74) is 0. The van der Waals surface area contributed by atoms with Gasteiger partial charge in [-0.15, -0.1) is 0 Å². The van der Waals surface area contributed by atoms with Gasteiger partial charge in [-0.2, -0.15) is 0 Å². The van der Waals surface area contributed by atoms with Gasteiger partial charge in [-0.25, -0.2) is 0 Å². The highest BCUT2D eigenvalue weighted by Gasteiger charge is 2.39. The average Bonchev–Trinajstić information content (AvgIpc) is 2.64. The van der Waals surface area contributed by atoms with E-state index in [1.807, 2.05) is 5.20 Å². The van der Waals surface area contributed by atoms with Gasteiger partial charge in [0.2, 0.25) is 0 Å². The second kappa shape index (κ2) is 2.73. The third kappa shape index (κ3) is 1.19. The molecule has 0 aliphatic heterocycles. The van der Waals surface area contributed by atoms with Gasteiger partial charge in [-0.05, 0) is 31.1 Å². The van der Waals surface area contributed by atoms with Crippen molar-refractivity contribution in [3.8, 4) is 0 Å². The number of hydrogen-bond acceptors (Lipinski definition) is 0. The zero-order valence-electron chi connectivity index (χ0n) is 8.56. The molecule has 68 valence electrons. The molecule has 2 aliphatic rings. The SMILES string of the molecule is CC[Si](C)(C)C1=CC2CCC1C2. The summed E-state index contributed by atoms with van der Waals surface area (Å²) in [5, 5.41) is 1.92. The monoisotopic (exact) mass is 180 g/mol. The van der Waals surface area contributed by atoms with E-state index in [1.54, 1.807) is 0 Å². The van der Waals surface area contributed by atoms with E-state index in [4.69, 9.17) is 0 Å². The lowest BCUT2D eigenvalue weighted by atomic mass is 10.1. The smallest absolute Gasteiger partial charge is 0.0751 e. The molecule has 0 saturated heterocycles. The molecular formula is C11H20Si. The Hall–Kier alpha value is -0.0431. The summed E-state index contributed by atoms with van der Waals surface area (Å²) in [6.07, 6.45) is 7.14. The zero-order chi connectivity index (χ0) is 8.77. The molecule has 0 aromatic heterocycles. The van der Waals surface area contributed by atoms with Crippen LogP contribution in [-0.4, -0.2) is 8.07 Å². The van der Waals surface area contributed by atoms with Crippen molar-refractivity contribution < 1.29 is 0 Å². The zero-order valence-corrected chi connectivity index (χ0v) is 9.56. The standard InChI is InChI=1S/C11H20Si/c1-4-12(2,3)11-8-9-5-6-10(11)7-9/h8-10H,4-7H2,1-3H3. The van der Waals surface area contributed by atoms with Gasteiger partial charge in [-0.3, -0.25) is 0 Å². The van der Waals surface area contributed by atoms with Crippen LogP contribution in [0.2, 0.25) is 19.1 Å². The van der Waals surface area contributed by atoms with Crippen molar-refractivity contribution in [2.75, 3.05) is 0 Å². The van der Waals surface area contributed by atoms with E-state index in [2.05, 4.69) is 26.1 Å². The summed E-state index contributed by atoms with van der Waals surface area (Å²) in [4.78, 5) is 0. The van der Waals surface area contributed by atoms with E-state index in [1.165, 1.54) is 25.3 Å². The third-order valence-corrected chi connectivity index (χ3v) is 7.90. The summed E-state index contributed by atoms with van der Waals surface area (Å²) >= 11 is 0. The lowest BCUT2D eigenvalue weighted by molar-refractivity contribution is 0.678. The van der Waals surface area contributed by atoms with Gasteiger partial charge in [0, 0.05) is 0 Å². The van der Waals surface area contributed by atoms with Crippen LogP contribution in [0.25, 0.3) is 0 Å². The lowest BCUT2D eigenvalue weighted by Gasteiger charge is -2.28. The molecule has 2 bridgehead atoms. The summed E-state index contributed by atoms with van der Waals surface area (Å²) < 4.78 is 0. The maximum absolute atomic E-state index is 2.64. The van der Waals surface area contributed by atoms with Crippen LogP contribution in [0.5, 0.6) is 0 Å². The van der Waals surface area contributed by atoms with Gasteiger partial charge < -0.3 is 0 Å². The van der Waals surface area contributed by atoms with Gasteiger partial charge in [0.05, 0.1) is 8.07 Å². The first-order chi connectivity index (χ1) is 5.63. The fourth-order valence-electron chi connectivity index (χ4n) is 2.82. The second-order valence-corrected chi connectivity index (χ2v) is 10.2. The Morgan fingerprint density at radius 3 is 2.58 bits per heavy atom. The Kier molecular flexibility index (Phi) is 1.94. The molecule has 1 fully saturated rings. The molecule has 0 spiro atoms. The Morgan fingerprint density at radius 1 is 1.42 bits per heavy atom. The van der Waals surface area contributed by atoms with Crippen LogP contribution in [0.15, 0.2) is 11.3 Å². The van der Waals surface area contributed by atoms with Crippen molar-refractivity contribution in [1.29, 1.82) is 0 Å². The first-order valence-corrected chi connectivity index (χ1v) is 8.56. The minimum absolute atomic E-state index is 0.937. The molecule has 1 saturated carbocycles. The van der Waals surface area contributed by atoms with Crippen LogP contribution in [0.1, 0.15) is 26.2 Å². The molecule has 2 unspecified atom stereocenters. The van der Waals surface area contributed by atoms with Crippen LogP contribution in [0.3, 0.4) is 0 Å². The maximum Gasteiger partial charge on any atom is 0.0751 e. The fourth-order valence-corrected chi connectivity index (χ4v) is 5.29. The number of rotatable bonds is 2. The average molecular weight is 180 g/mol. The molecule has 0 nitrogen and oxygen atoms in total. The van der Waals surface area contributed by atoms with E-state index in [0.717, 1.165) is 11.8 Å². The van der Waals surface area contributed by atoms with E-state index < -0.39 is 8.07 Å². The van der Waals surface area contributed by atoms with Crippen molar-refractivity contribution in [3.63, 3.8) is 0 Å². The van der Waals surface area contributed by atoms with Gasteiger partial charge in [0.1, 0.15) is 0 Å². The number of fused-ring (bicyclic) bond motifs is 2. The van der Waals surface area contributed by atoms with Crippen molar-refractivity contribution in [3.05, 3.63) is 11.3 Å². The van der Waals surface area contributed by atoms with E-state index >= 15 is 0 Å². The van der Waals surface area contributed by atoms with Crippen molar-refractivity contribution in [2.24, 2.45) is 11.8 Å². The molecule has 0 radical (unpaired) electrons. The van der Waals surface area contributed by atoms with Crippen LogP contribution < -0.4 is 0 Å². The van der Waals surface area contributed by atoms with Crippen molar-refractivity contribution in [2.45, 2.75) is 45.3 Å². The second-order valence-electron chi connectivity index (χ2n) is 5.13. The van der Waals surface area contributed by atoms with Crippen molar-refractivity contribution in [1.82, 2.24) is 0 Å².